The number of hydrazone groups is 1. The molecule has 2 aliphatic rings. The maximum absolute atomic E-state index is 6.63. The molecular formula is C28H30N2O5. The monoisotopic (exact) mass is 474 g/mol. The van der Waals surface area contributed by atoms with Gasteiger partial charge in [0, 0.05) is 12.0 Å². The predicted molar refractivity (Wildman–Crippen MR) is 134 cm³/mol. The highest BCUT2D eigenvalue weighted by Gasteiger charge is 2.43. The van der Waals surface area contributed by atoms with Gasteiger partial charge in [0.15, 0.2) is 11.5 Å². The molecule has 0 radical (unpaired) electrons. The fraction of sp³-hybridized carbons (Fsp3) is 0.321. The van der Waals surface area contributed by atoms with Crippen molar-refractivity contribution in [2.24, 2.45) is 5.10 Å². The van der Waals surface area contributed by atoms with Gasteiger partial charge in [0.2, 0.25) is 6.23 Å². The number of rotatable bonds is 8. The normalized spacial score (nSPS) is 18.2. The van der Waals surface area contributed by atoms with Crippen molar-refractivity contribution in [3.8, 4) is 28.7 Å². The number of fused-ring (bicyclic) bond motifs is 3. The van der Waals surface area contributed by atoms with Crippen LogP contribution in [-0.2, 0) is 0 Å². The molecule has 182 valence electrons. The fourth-order valence-corrected chi connectivity index (χ4v) is 4.68. The highest BCUT2D eigenvalue weighted by Crippen LogP contribution is 2.52. The molecule has 0 aliphatic carbocycles. The second-order valence-corrected chi connectivity index (χ2v) is 8.29. The van der Waals surface area contributed by atoms with Crippen molar-refractivity contribution in [3.63, 3.8) is 0 Å². The molecule has 0 bridgehead atoms. The summed E-state index contributed by atoms with van der Waals surface area (Å²) < 4.78 is 29.4. The van der Waals surface area contributed by atoms with E-state index in [1.165, 1.54) is 0 Å². The summed E-state index contributed by atoms with van der Waals surface area (Å²) >= 11 is 0. The standard InChI is InChI=1S/C28H30N2O5/c1-5-33-19-12-10-18(11-13-19)23-17-24-21-8-7-9-26(34-6-2)27(21)35-28(30(24)29-23)22-16-20(31-3)14-15-25(22)32-4/h7-16,24,28H,5-6,17H2,1-4H3/t24-,28+/m0/s1. The van der Waals surface area contributed by atoms with Crippen molar-refractivity contribution >= 4 is 5.71 Å². The van der Waals surface area contributed by atoms with Gasteiger partial charge >= 0.3 is 0 Å². The summed E-state index contributed by atoms with van der Waals surface area (Å²) in [5.41, 5.74) is 3.94. The lowest BCUT2D eigenvalue weighted by molar-refractivity contribution is -0.0226. The van der Waals surface area contributed by atoms with Gasteiger partial charge < -0.3 is 23.7 Å². The van der Waals surface area contributed by atoms with Crippen molar-refractivity contribution in [2.75, 3.05) is 27.4 Å². The van der Waals surface area contributed by atoms with E-state index in [4.69, 9.17) is 28.8 Å². The van der Waals surface area contributed by atoms with Crippen LogP contribution in [-0.4, -0.2) is 38.2 Å². The van der Waals surface area contributed by atoms with Crippen LogP contribution in [0.15, 0.2) is 65.8 Å². The van der Waals surface area contributed by atoms with Crippen LogP contribution in [0.2, 0.25) is 0 Å². The van der Waals surface area contributed by atoms with Crippen LogP contribution in [0.3, 0.4) is 0 Å². The van der Waals surface area contributed by atoms with Crippen LogP contribution in [0.25, 0.3) is 0 Å². The summed E-state index contributed by atoms with van der Waals surface area (Å²) in [5.74, 6) is 3.75. The molecule has 0 fully saturated rings. The fourth-order valence-electron chi connectivity index (χ4n) is 4.68. The smallest absolute Gasteiger partial charge is 0.217 e. The molecule has 0 saturated heterocycles. The number of para-hydroxylation sites is 1. The lowest BCUT2D eigenvalue weighted by atomic mass is 9.95. The molecule has 35 heavy (non-hydrogen) atoms. The molecule has 0 saturated carbocycles. The van der Waals surface area contributed by atoms with E-state index in [-0.39, 0.29) is 6.04 Å². The lowest BCUT2D eigenvalue weighted by Gasteiger charge is -2.39. The molecule has 2 atom stereocenters. The largest absolute Gasteiger partial charge is 0.497 e. The van der Waals surface area contributed by atoms with Gasteiger partial charge in [-0.25, -0.2) is 5.01 Å². The Morgan fingerprint density at radius 1 is 0.857 bits per heavy atom. The Morgan fingerprint density at radius 2 is 1.63 bits per heavy atom. The zero-order chi connectivity index (χ0) is 24.4. The van der Waals surface area contributed by atoms with Crippen LogP contribution in [0.1, 0.15) is 49.2 Å². The molecule has 0 N–H and O–H groups in total. The van der Waals surface area contributed by atoms with Crippen LogP contribution in [0.4, 0.5) is 0 Å². The van der Waals surface area contributed by atoms with Crippen LogP contribution in [0, 0.1) is 0 Å². The van der Waals surface area contributed by atoms with Crippen LogP contribution < -0.4 is 23.7 Å². The molecule has 7 heteroatoms. The van der Waals surface area contributed by atoms with E-state index in [0.717, 1.165) is 51.8 Å². The SMILES string of the molecule is CCOc1ccc(C2=NN3[C@@H](c4cc(OC)ccc4OC)Oc4c(OCC)cccc4[C@@H]3C2)cc1. The van der Waals surface area contributed by atoms with Crippen LogP contribution in [0.5, 0.6) is 28.7 Å². The molecule has 0 unspecified atom stereocenters. The van der Waals surface area contributed by atoms with Crippen molar-refractivity contribution in [1.29, 1.82) is 0 Å². The van der Waals surface area contributed by atoms with Gasteiger partial charge in [-0.3, -0.25) is 0 Å². The molecule has 3 aromatic rings. The lowest BCUT2D eigenvalue weighted by Crippen LogP contribution is -2.34. The van der Waals surface area contributed by atoms with E-state index in [1.807, 2.05) is 61.3 Å². The Kier molecular flexibility index (Phi) is 6.40. The first-order valence-corrected chi connectivity index (χ1v) is 11.9. The van der Waals surface area contributed by atoms with Crippen LogP contribution >= 0.6 is 0 Å². The third-order valence-corrected chi connectivity index (χ3v) is 6.28. The van der Waals surface area contributed by atoms with E-state index in [0.29, 0.717) is 19.0 Å². The average Bonchev–Trinajstić information content (AvgIpc) is 3.35. The summed E-state index contributed by atoms with van der Waals surface area (Å²) in [6, 6.07) is 19.8. The highest BCUT2D eigenvalue weighted by molar-refractivity contribution is 6.02. The van der Waals surface area contributed by atoms with Crippen molar-refractivity contribution in [3.05, 3.63) is 77.4 Å². The predicted octanol–water partition coefficient (Wildman–Crippen LogP) is 5.74. The Morgan fingerprint density at radius 3 is 2.34 bits per heavy atom. The third-order valence-electron chi connectivity index (χ3n) is 6.28. The number of hydrogen-bond donors (Lipinski definition) is 0. The zero-order valence-electron chi connectivity index (χ0n) is 20.5. The highest BCUT2D eigenvalue weighted by atomic mass is 16.5. The summed E-state index contributed by atoms with van der Waals surface area (Å²) in [6.45, 7) is 5.14. The van der Waals surface area contributed by atoms with E-state index in [9.17, 15) is 0 Å². The molecule has 5 rings (SSSR count). The summed E-state index contributed by atoms with van der Waals surface area (Å²) in [4.78, 5) is 0. The van der Waals surface area contributed by atoms with Crippen molar-refractivity contribution in [1.82, 2.24) is 5.01 Å². The first-order chi connectivity index (χ1) is 17.2. The molecule has 0 aromatic heterocycles. The second kappa shape index (κ2) is 9.78. The van der Waals surface area contributed by atoms with Gasteiger partial charge in [0.1, 0.15) is 17.2 Å². The maximum Gasteiger partial charge on any atom is 0.217 e. The van der Waals surface area contributed by atoms with E-state index < -0.39 is 6.23 Å². The number of methoxy groups -OCH3 is 2. The summed E-state index contributed by atoms with van der Waals surface area (Å²) in [7, 11) is 3.31. The molecule has 3 aromatic carbocycles. The number of ether oxygens (including phenoxy) is 5. The maximum atomic E-state index is 6.63. The number of benzene rings is 3. The minimum atomic E-state index is -0.514. The summed E-state index contributed by atoms with van der Waals surface area (Å²) in [6.07, 6.45) is 0.224. The van der Waals surface area contributed by atoms with E-state index >= 15 is 0 Å². The van der Waals surface area contributed by atoms with Gasteiger partial charge in [0.25, 0.3) is 0 Å². The molecule has 0 spiro atoms. The van der Waals surface area contributed by atoms with Gasteiger partial charge in [-0.1, -0.05) is 12.1 Å². The van der Waals surface area contributed by atoms with Crippen molar-refractivity contribution in [2.45, 2.75) is 32.5 Å². The first kappa shape index (κ1) is 22.9. The molecule has 2 aliphatic heterocycles. The average molecular weight is 475 g/mol. The minimum absolute atomic E-state index is 0.0124. The van der Waals surface area contributed by atoms with E-state index in [1.54, 1.807) is 14.2 Å². The van der Waals surface area contributed by atoms with Gasteiger partial charge in [0.05, 0.1) is 44.8 Å². The summed E-state index contributed by atoms with van der Waals surface area (Å²) in [5, 5.41) is 7.10. The Balaban J connectivity index is 1.60. The van der Waals surface area contributed by atoms with Gasteiger partial charge in [-0.15, -0.1) is 0 Å². The number of hydrogen-bond acceptors (Lipinski definition) is 7. The van der Waals surface area contributed by atoms with Gasteiger partial charge in [-0.05, 0) is 67.9 Å². The molecule has 7 nitrogen and oxygen atoms in total. The molecule has 0 amide bonds. The molecular weight excluding hydrogens is 444 g/mol. The Hall–Kier alpha value is -3.87. The Bertz CT molecular complexity index is 1220. The second-order valence-electron chi connectivity index (χ2n) is 8.29. The molecule has 2 heterocycles. The topological polar surface area (TPSA) is 61.8 Å². The quantitative estimate of drug-likeness (QED) is 0.415. The first-order valence-electron chi connectivity index (χ1n) is 11.9. The minimum Gasteiger partial charge on any atom is -0.497 e. The van der Waals surface area contributed by atoms with Gasteiger partial charge in [-0.2, -0.15) is 5.10 Å². The number of nitrogens with zero attached hydrogens (tertiary/aromatic N) is 2. The Labute approximate surface area is 205 Å². The van der Waals surface area contributed by atoms with E-state index in [2.05, 4.69) is 18.2 Å². The third kappa shape index (κ3) is 4.22. The zero-order valence-corrected chi connectivity index (χ0v) is 20.5. The van der Waals surface area contributed by atoms with Crippen molar-refractivity contribution < 1.29 is 23.7 Å².